The summed E-state index contributed by atoms with van der Waals surface area (Å²) in [5.74, 6) is -7.46. The summed E-state index contributed by atoms with van der Waals surface area (Å²) < 4.78 is 21.6. The average molecular weight is 801 g/mol. The molecule has 0 saturated carbocycles. The summed E-state index contributed by atoms with van der Waals surface area (Å²) in [6.45, 7) is 15.0. The molecule has 12 heteroatoms. The number of carbonyl (C=O) groups is 5. The fourth-order valence-corrected chi connectivity index (χ4v) is 8.27. The number of nitrogens with one attached hydrogen (secondary N) is 1. The number of cyclic esters (lactones) is 1. The lowest BCUT2D eigenvalue weighted by Crippen LogP contribution is -3.21. The fourth-order valence-electron chi connectivity index (χ4n) is 8.27. The number of hydrogen-bond donors (Lipinski definition) is 2. The van der Waals surface area contributed by atoms with Crippen molar-refractivity contribution in [2.75, 3.05) is 27.4 Å². The normalized spacial score (nSPS) is 39.7. The molecule has 3 aliphatic rings. The third-order valence-electron chi connectivity index (χ3n) is 12.2. The number of quaternary nitrogens is 1. The van der Waals surface area contributed by atoms with Gasteiger partial charge in [0.2, 0.25) is 0 Å². The molecule has 3 N–H and O–H groups in total. The second kappa shape index (κ2) is 22.3. The summed E-state index contributed by atoms with van der Waals surface area (Å²) in [5.41, 5.74) is 1.32. The number of amides is 1. The van der Waals surface area contributed by atoms with Crippen LogP contribution in [0.3, 0.4) is 0 Å². The van der Waals surface area contributed by atoms with Crippen LogP contribution in [-0.2, 0) is 38.2 Å². The first-order valence-electron chi connectivity index (χ1n) is 20.9. The highest BCUT2D eigenvalue weighted by Gasteiger charge is 2.59. The highest BCUT2D eigenvalue weighted by Crippen LogP contribution is 2.34. The van der Waals surface area contributed by atoms with Crippen molar-refractivity contribution in [2.45, 2.75) is 143 Å². The molecule has 0 aromatic heterocycles. The van der Waals surface area contributed by atoms with E-state index in [1.165, 1.54) is 7.11 Å². The van der Waals surface area contributed by atoms with Crippen molar-refractivity contribution in [1.82, 2.24) is 0 Å². The summed E-state index contributed by atoms with van der Waals surface area (Å²) in [7, 11) is 2.96. The molecule has 3 rings (SSSR count). The number of aliphatic hydroxyl groups is 3. The largest absolute Gasteiger partial charge is 0.847 e. The minimum atomic E-state index is -2.24. The predicted molar refractivity (Wildman–Crippen MR) is 215 cm³/mol. The lowest BCUT2D eigenvalue weighted by molar-refractivity contribution is -0.841. The highest BCUT2D eigenvalue weighted by atomic mass is 16.6. The van der Waals surface area contributed by atoms with Gasteiger partial charge in [0.05, 0.1) is 19.1 Å². The van der Waals surface area contributed by atoms with E-state index in [4.69, 9.17) is 14.2 Å². The third kappa shape index (κ3) is 12.9. The monoisotopic (exact) mass is 800 g/mol. The van der Waals surface area contributed by atoms with Crippen LogP contribution >= 0.6 is 0 Å². The SMILES string of the molecule is COCC1CC2CC[C@@H](C)[C@@](O)([OH+]2)C(=O)C(=O)[NH+]2CCCC[C@H]2C(=O)OC(C(C)C)CC(=O)C(C)/C=C(\C)[C@@H]([O-])C(OC)C(=O)[C@H](C)C[C@H](C)/C=C/C=C/C=C/1C. The molecule has 3 heterocycles. The van der Waals surface area contributed by atoms with Gasteiger partial charge >= 0.3 is 23.4 Å². The standard InChI is InChI=1S/C45H68NO11/c1-27(2)38-25-37(47)30(5)23-32(7)40(49)41(55-10)39(48)31(6)22-28(3)16-12-11-13-17-29(4)34(26-54-9)24-35-20-19-33(8)45(53,57-35)42(50)43(51)46-21-15-14-18-36(46)44(52)56-38/h11-13,16-17,23,27-28,30-31,33-36,38,40-41,53H,14-15,18-22,24-26H2,1-10H3/q-1/p+2/b13-11+,16-12+,29-17+,32-23+/t28-,30?,31-,33-,34?,35?,36+,38?,40-,41?,45-/m1/s1. The molecule has 2 fully saturated rings. The van der Waals surface area contributed by atoms with Gasteiger partial charge in [0.15, 0.2) is 17.9 Å². The number of carbonyl (C=O) groups excluding carboxylic acids is 5. The van der Waals surface area contributed by atoms with Gasteiger partial charge < -0.3 is 29.2 Å². The maximum atomic E-state index is 14.0. The third-order valence-corrected chi connectivity index (χ3v) is 12.2. The number of piperidine rings is 1. The Hall–Kier alpha value is -3.13. The summed E-state index contributed by atoms with van der Waals surface area (Å²) in [6, 6.07) is -0.989. The van der Waals surface area contributed by atoms with Crippen LogP contribution in [0.25, 0.3) is 0 Å². The molecule has 2 bridgehead atoms. The van der Waals surface area contributed by atoms with E-state index in [0.717, 1.165) is 5.57 Å². The van der Waals surface area contributed by atoms with Gasteiger partial charge in [-0.15, -0.1) is 0 Å². The van der Waals surface area contributed by atoms with E-state index in [0.29, 0.717) is 57.1 Å². The molecule has 0 spiro atoms. The van der Waals surface area contributed by atoms with Crippen molar-refractivity contribution in [3.8, 4) is 0 Å². The van der Waals surface area contributed by atoms with Crippen LogP contribution in [0.2, 0.25) is 0 Å². The number of Topliss-reactive ketones (excluding diaryl/α,β-unsaturated/α-hetero) is 3. The molecule has 0 radical (unpaired) electrons. The highest BCUT2D eigenvalue weighted by molar-refractivity contribution is 6.35. The molecule has 12 atom stereocenters. The van der Waals surface area contributed by atoms with Crippen LogP contribution in [0.4, 0.5) is 0 Å². The Bertz CT molecular complexity index is 1530. The second-order valence-corrected chi connectivity index (χ2v) is 17.2. The Morgan fingerprint density at radius 3 is 2.32 bits per heavy atom. The lowest BCUT2D eigenvalue weighted by atomic mass is 9.83. The first-order chi connectivity index (χ1) is 26.9. The minimum Gasteiger partial charge on any atom is -0.847 e. The number of rotatable bonds is 4. The van der Waals surface area contributed by atoms with E-state index in [-0.39, 0.29) is 47.2 Å². The van der Waals surface area contributed by atoms with Crippen molar-refractivity contribution in [3.63, 3.8) is 0 Å². The van der Waals surface area contributed by atoms with E-state index in [2.05, 4.69) is 4.74 Å². The van der Waals surface area contributed by atoms with Gasteiger partial charge in [-0.3, -0.25) is 19.3 Å². The fraction of sp³-hybridized carbons (Fsp3) is 0.711. The number of fused-ring (bicyclic) bond motifs is 3. The molecular weight excluding hydrogens is 730 g/mol. The average Bonchev–Trinajstić information content (AvgIpc) is 3.17. The number of ether oxygens (including phenoxy) is 4. The molecule has 320 valence electrons. The van der Waals surface area contributed by atoms with E-state index in [1.807, 2.05) is 58.1 Å². The van der Waals surface area contributed by atoms with Crippen molar-refractivity contribution in [3.05, 3.63) is 47.6 Å². The van der Waals surface area contributed by atoms with Crippen LogP contribution in [0.15, 0.2) is 47.6 Å². The maximum Gasteiger partial charge on any atom is 0.392 e. The smallest absolute Gasteiger partial charge is 0.392 e. The molecule has 12 nitrogen and oxygen atoms in total. The molecular formula is C45H70NO11+. The van der Waals surface area contributed by atoms with Crippen LogP contribution in [0.5, 0.6) is 0 Å². The molecule has 1 amide bonds. The number of esters is 1. The Kier molecular flexibility index (Phi) is 18.9. The molecule has 0 aromatic rings. The predicted octanol–water partition coefficient (Wildman–Crippen LogP) is 3.34. The topological polar surface area (TPSA) is 174 Å². The summed E-state index contributed by atoms with van der Waals surface area (Å²) >= 11 is 0. The van der Waals surface area contributed by atoms with Crippen molar-refractivity contribution in [1.29, 1.82) is 0 Å². The van der Waals surface area contributed by atoms with Gasteiger partial charge in [-0.05, 0) is 51.4 Å². The maximum absolute atomic E-state index is 14.0. The molecule has 57 heavy (non-hydrogen) atoms. The number of allylic oxidation sites excluding steroid dienone is 6. The zero-order chi connectivity index (χ0) is 42.6. The van der Waals surface area contributed by atoms with Gasteiger partial charge in [0, 0.05) is 57.7 Å². The molecule has 0 aromatic carbocycles. The molecule has 0 aliphatic carbocycles. The zero-order valence-corrected chi connectivity index (χ0v) is 36.0. The summed E-state index contributed by atoms with van der Waals surface area (Å²) in [5, 5.41) is 25.4. The quantitative estimate of drug-likeness (QED) is 0.186. The Balaban J connectivity index is 2.00. The Labute approximate surface area is 340 Å². The van der Waals surface area contributed by atoms with Crippen LogP contribution in [-0.4, -0.2) is 103 Å². The van der Waals surface area contributed by atoms with Crippen LogP contribution in [0.1, 0.15) is 107 Å². The van der Waals surface area contributed by atoms with Crippen LogP contribution < -0.4 is 10.0 Å². The van der Waals surface area contributed by atoms with Gasteiger partial charge in [-0.1, -0.05) is 95.2 Å². The van der Waals surface area contributed by atoms with Crippen molar-refractivity contribution < 1.29 is 58.0 Å². The summed E-state index contributed by atoms with van der Waals surface area (Å²) in [6.07, 6.45) is 10.8. The molecule has 2 saturated heterocycles. The second-order valence-electron chi connectivity index (χ2n) is 17.2. The molecule has 6 unspecified atom stereocenters. The Morgan fingerprint density at radius 1 is 0.965 bits per heavy atom. The van der Waals surface area contributed by atoms with Gasteiger partial charge in [0.25, 0.3) is 0 Å². The number of methoxy groups -OCH3 is 2. The van der Waals surface area contributed by atoms with E-state index in [9.17, 15) is 34.2 Å². The summed E-state index contributed by atoms with van der Waals surface area (Å²) in [4.78, 5) is 69.0. The molecule has 3 aliphatic heterocycles. The Morgan fingerprint density at radius 2 is 1.67 bits per heavy atom. The number of hydrogen-bond acceptors (Lipinski definition) is 10. The van der Waals surface area contributed by atoms with Gasteiger partial charge in [0.1, 0.15) is 18.0 Å². The first-order valence-corrected chi connectivity index (χ1v) is 20.9. The first kappa shape index (κ1) is 48.2. The number of ketones is 3. The van der Waals surface area contributed by atoms with E-state index >= 15 is 0 Å². The minimum absolute atomic E-state index is 0.0295. The van der Waals surface area contributed by atoms with Crippen molar-refractivity contribution >= 4 is 29.2 Å². The zero-order valence-electron chi connectivity index (χ0n) is 36.0. The lowest BCUT2D eigenvalue weighted by Gasteiger charge is -2.38. The van der Waals surface area contributed by atoms with Crippen molar-refractivity contribution in [2.24, 2.45) is 35.5 Å². The van der Waals surface area contributed by atoms with E-state index < -0.39 is 71.7 Å². The van der Waals surface area contributed by atoms with E-state index in [1.54, 1.807) is 40.9 Å². The van der Waals surface area contributed by atoms with Crippen LogP contribution in [0, 0.1) is 35.5 Å². The van der Waals surface area contributed by atoms with Gasteiger partial charge in [-0.25, -0.2) is 9.59 Å². The van der Waals surface area contributed by atoms with Gasteiger partial charge in [-0.2, -0.15) is 0 Å².